The Kier molecular flexibility index (Phi) is 4.58. The van der Waals surface area contributed by atoms with Crippen LogP contribution in [0, 0.1) is 0 Å². The topological polar surface area (TPSA) is 52.0 Å². The van der Waals surface area contributed by atoms with Crippen LogP contribution in [0.25, 0.3) is 32.7 Å². The van der Waals surface area contributed by atoms with Crippen LogP contribution in [0.5, 0.6) is 0 Å². The van der Waals surface area contributed by atoms with Gasteiger partial charge in [0.15, 0.2) is 0 Å². The SMILES string of the molecule is CC(C)(C)c1cc(N)c2cc(-c3ccc4cc(C(C)(C)C)cc(N)c4c3)ccc2c1. The van der Waals surface area contributed by atoms with Gasteiger partial charge < -0.3 is 11.5 Å². The first kappa shape index (κ1) is 20.3. The summed E-state index contributed by atoms with van der Waals surface area (Å²) in [6, 6.07) is 21.8. The zero-order chi connectivity index (χ0) is 21.8. The third kappa shape index (κ3) is 3.63. The van der Waals surface area contributed by atoms with Gasteiger partial charge in [0.05, 0.1) is 0 Å². The van der Waals surface area contributed by atoms with E-state index < -0.39 is 0 Å². The highest BCUT2D eigenvalue weighted by molar-refractivity contribution is 5.99. The number of benzene rings is 4. The second-order valence-corrected chi connectivity index (χ2v) is 10.5. The molecule has 30 heavy (non-hydrogen) atoms. The molecule has 0 fully saturated rings. The smallest absolute Gasteiger partial charge is 0.0396 e. The van der Waals surface area contributed by atoms with E-state index >= 15 is 0 Å². The number of rotatable bonds is 1. The summed E-state index contributed by atoms with van der Waals surface area (Å²) in [6.45, 7) is 13.3. The van der Waals surface area contributed by atoms with E-state index in [0.29, 0.717) is 0 Å². The van der Waals surface area contributed by atoms with Crippen LogP contribution in [-0.2, 0) is 10.8 Å². The molecule has 4 aromatic carbocycles. The van der Waals surface area contributed by atoms with E-state index in [1.807, 2.05) is 0 Å². The predicted octanol–water partition coefficient (Wildman–Crippen LogP) is 7.42. The van der Waals surface area contributed by atoms with Crippen molar-refractivity contribution in [2.24, 2.45) is 0 Å². The zero-order valence-corrected chi connectivity index (χ0v) is 18.9. The van der Waals surface area contributed by atoms with Gasteiger partial charge in [-0.05, 0) is 68.1 Å². The van der Waals surface area contributed by atoms with Crippen molar-refractivity contribution < 1.29 is 0 Å². The van der Waals surface area contributed by atoms with Gasteiger partial charge >= 0.3 is 0 Å². The van der Waals surface area contributed by atoms with Gasteiger partial charge in [-0.2, -0.15) is 0 Å². The molecule has 0 atom stereocenters. The second-order valence-electron chi connectivity index (χ2n) is 10.5. The highest BCUT2D eigenvalue weighted by atomic mass is 14.6. The molecule has 0 bridgehead atoms. The lowest BCUT2D eigenvalue weighted by Crippen LogP contribution is -2.11. The van der Waals surface area contributed by atoms with E-state index in [1.54, 1.807) is 0 Å². The Labute approximate surface area is 179 Å². The predicted molar refractivity (Wildman–Crippen MR) is 133 cm³/mol. The third-order valence-electron chi connectivity index (χ3n) is 6.04. The number of hydrogen-bond donors (Lipinski definition) is 2. The summed E-state index contributed by atoms with van der Waals surface area (Å²) in [7, 11) is 0. The molecule has 0 radical (unpaired) electrons. The van der Waals surface area contributed by atoms with Gasteiger partial charge in [0.2, 0.25) is 0 Å². The zero-order valence-electron chi connectivity index (χ0n) is 18.9. The Morgan fingerprint density at radius 2 is 0.867 bits per heavy atom. The molecule has 4 N–H and O–H groups in total. The van der Waals surface area contributed by atoms with Crippen LogP contribution in [0.1, 0.15) is 52.7 Å². The van der Waals surface area contributed by atoms with Crippen molar-refractivity contribution in [3.8, 4) is 11.1 Å². The Morgan fingerprint density at radius 1 is 0.500 bits per heavy atom. The molecule has 0 spiro atoms. The first-order valence-electron chi connectivity index (χ1n) is 10.6. The Bertz CT molecular complexity index is 1170. The molecule has 0 saturated heterocycles. The lowest BCUT2D eigenvalue weighted by Gasteiger charge is -2.21. The fraction of sp³-hybridized carbons (Fsp3) is 0.286. The van der Waals surface area contributed by atoms with Crippen molar-refractivity contribution in [3.05, 3.63) is 71.8 Å². The van der Waals surface area contributed by atoms with Crippen LogP contribution in [0.15, 0.2) is 60.7 Å². The van der Waals surface area contributed by atoms with E-state index in [-0.39, 0.29) is 10.8 Å². The van der Waals surface area contributed by atoms with Gasteiger partial charge in [-0.1, -0.05) is 77.9 Å². The molecular formula is C28H32N2. The van der Waals surface area contributed by atoms with Crippen LogP contribution < -0.4 is 11.5 Å². The monoisotopic (exact) mass is 396 g/mol. The molecule has 0 aliphatic rings. The van der Waals surface area contributed by atoms with Crippen molar-refractivity contribution in [2.75, 3.05) is 11.5 Å². The lowest BCUT2D eigenvalue weighted by molar-refractivity contribution is 0.591. The molecule has 0 amide bonds. The van der Waals surface area contributed by atoms with E-state index in [0.717, 1.165) is 33.3 Å². The number of nitrogen functional groups attached to an aromatic ring is 2. The van der Waals surface area contributed by atoms with Gasteiger partial charge in [-0.15, -0.1) is 0 Å². The fourth-order valence-corrected chi connectivity index (χ4v) is 4.00. The van der Waals surface area contributed by atoms with Crippen LogP contribution in [0.2, 0.25) is 0 Å². The first-order valence-corrected chi connectivity index (χ1v) is 10.6. The number of anilines is 2. The van der Waals surface area contributed by atoms with Crippen molar-refractivity contribution >= 4 is 32.9 Å². The minimum absolute atomic E-state index is 0.0722. The lowest BCUT2D eigenvalue weighted by atomic mass is 9.84. The van der Waals surface area contributed by atoms with Crippen LogP contribution in [0.4, 0.5) is 11.4 Å². The average Bonchev–Trinajstić information content (AvgIpc) is 2.66. The summed E-state index contributed by atoms with van der Waals surface area (Å²) in [5, 5.41) is 4.55. The van der Waals surface area contributed by atoms with Crippen molar-refractivity contribution in [1.82, 2.24) is 0 Å². The average molecular weight is 397 g/mol. The first-order chi connectivity index (χ1) is 13.9. The summed E-state index contributed by atoms with van der Waals surface area (Å²) in [5.41, 5.74) is 19.5. The van der Waals surface area contributed by atoms with E-state index in [2.05, 4.69) is 102 Å². The maximum Gasteiger partial charge on any atom is 0.0396 e. The molecule has 2 heteroatoms. The maximum absolute atomic E-state index is 6.45. The minimum Gasteiger partial charge on any atom is -0.398 e. The molecule has 0 unspecified atom stereocenters. The van der Waals surface area contributed by atoms with Gasteiger partial charge in [0.1, 0.15) is 0 Å². The Balaban J connectivity index is 1.83. The molecule has 4 rings (SSSR count). The molecule has 0 aliphatic heterocycles. The number of nitrogens with two attached hydrogens (primary N) is 2. The largest absolute Gasteiger partial charge is 0.398 e. The normalized spacial score (nSPS) is 12.6. The molecule has 0 aliphatic carbocycles. The van der Waals surface area contributed by atoms with Crippen LogP contribution in [0.3, 0.4) is 0 Å². The number of hydrogen-bond acceptors (Lipinski definition) is 2. The molecule has 2 nitrogen and oxygen atoms in total. The van der Waals surface area contributed by atoms with Crippen LogP contribution >= 0.6 is 0 Å². The fourth-order valence-electron chi connectivity index (χ4n) is 4.00. The quantitative estimate of drug-likeness (QED) is 0.329. The summed E-state index contributed by atoms with van der Waals surface area (Å²) in [6.07, 6.45) is 0. The molecule has 0 heterocycles. The molecule has 0 aromatic heterocycles. The van der Waals surface area contributed by atoms with Crippen molar-refractivity contribution in [2.45, 2.75) is 52.4 Å². The van der Waals surface area contributed by atoms with E-state index in [9.17, 15) is 0 Å². The van der Waals surface area contributed by atoms with Gasteiger partial charge in [-0.25, -0.2) is 0 Å². The van der Waals surface area contributed by atoms with Gasteiger partial charge in [-0.3, -0.25) is 0 Å². The van der Waals surface area contributed by atoms with E-state index in [4.69, 9.17) is 11.5 Å². The standard InChI is InChI=1S/C28H32N2/c1-27(2,3)21-11-19-9-7-17(13-23(19)25(29)15-21)18-8-10-20-12-22(28(4,5)6)16-26(30)24(20)14-18/h7-16H,29-30H2,1-6H3. The van der Waals surface area contributed by atoms with Gasteiger partial charge in [0.25, 0.3) is 0 Å². The highest BCUT2D eigenvalue weighted by Crippen LogP contribution is 2.36. The Hall–Kier alpha value is -3.00. The van der Waals surface area contributed by atoms with Crippen molar-refractivity contribution in [1.29, 1.82) is 0 Å². The summed E-state index contributed by atoms with van der Waals surface area (Å²) >= 11 is 0. The van der Waals surface area contributed by atoms with Gasteiger partial charge in [0, 0.05) is 22.1 Å². The summed E-state index contributed by atoms with van der Waals surface area (Å²) < 4.78 is 0. The van der Waals surface area contributed by atoms with E-state index in [1.165, 1.54) is 21.9 Å². The van der Waals surface area contributed by atoms with Crippen LogP contribution in [-0.4, -0.2) is 0 Å². The molecular weight excluding hydrogens is 364 g/mol. The number of fused-ring (bicyclic) bond motifs is 2. The molecule has 154 valence electrons. The molecule has 0 saturated carbocycles. The summed E-state index contributed by atoms with van der Waals surface area (Å²) in [5.74, 6) is 0. The summed E-state index contributed by atoms with van der Waals surface area (Å²) in [4.78, 5) is 0. The maximum atomic E-state index is 6.45. The minimum atomic E-state index is 0.0722. The second kappa shape index (κ2) is 6.77. The highest BCUT2D eigenvalue weighted by Gasteiger charge is 2.17. The third-order valence-corrected chi connectivity index (χ3v) is 6.04. The molecule has 4 aromatic rings. The Morgan fingerprint density at radius 3 is 1.20 bits per heavy atom. The van der Waals surface area contributed by atoms with Crippen molar-refractivity contribution in [3.63, 3.8) is 0 Å².